The predicted octanol–water partition coefficient (Wildman–Crippen LogP) is 4.86. The average Bonchev–Trinajstić information content (AvgIpc) is 2.88. The summed E-state index contributed by atoms with van der Waals surface area (Å²) in [4.78, 5) is 16.4. The van der Waals surface area contributed by atoms with Gasteiger partial charge >= 0.3 is 0 Å². The maximum atomic E-state index is 13.0. The third-order valence-electron chi connectivity index (χ3n) is 4.59. The molecule has 1 aromatic heterocycles. The Morgan fingerprint density at radius 2 is 1.83 bits per heavy atom. The van der Waals surface area contributed by atoms with Crippen LogP contribution >= 0.6 is 0 Å². The standard InChI is InChI=1S/C21H32N2O/c1-7-12-21(5,6)23-18(19(24)20(2,3)4)13-15-14-22-17-11-9-8-10-16(15)17/h8-11,14,18,22-23H,7,12-13H2,1-6H3/t18-/m0/s1. The first-order valence-corrected chi connectivity index (χ1v) is 9.01. The summed E-state index contributed by atoms with van der Waals surface area (Å²) >= 11 is 0. The Morgan fingerprint density at radius 3 is 2.46 bits per heavy atom. The Kier molecular flexibility index (Phi) is 5.54. The van der Waals surface area contributed by atoms with Crippen molar-refractivity contribution in [3.63, 3.8) is 0 Å². The zero-order valence-electron chi connectivity index (χ0n) is 16.0. The van der Waals surface area contributed by atoms with Crippen molar-refractivity contribution in [3.8, 4) is 0 Å². The molecule has 2 N–H and O–H groups in total. The largest absolute Gasteiger partial charge is 0.361 e. The van der Waals surface area contributed by atoms with Crippen LogP contribution < -0.4 is 5.32 Å². The Morgan fingerprint density at radius 1 is 1.17 bits per heavy atom. The van der Waals surface area contributed by atoms with Gasteiger partial charge in [0.15, 0.2) is 5.78 Å². The molecule has 2 rings (SSSR count). The smallest absolute Gasteiger partial charge is 0.155 e. The summed E-state index contributed by atoms with van der Waals surface area (Å²) in [6, 6.07) is 8.11. The van der Waals surface area contributed by atoms with Crippen molar-refractivity contribution in [2.75, 3.05) is 0 Å². The number of nitrogens with one attached hydrogen (secondary N) is 2. The first-order chi connectivity index (χ1) is 11.1. The quantitative estimate of drug-likeness (QED) is 0.762. The third kappa shape index (κ3) is 4.47. The summed E-state index contributed by atoms with van der Waals surface area (Å²) in [5.74, 6) is 0.275. The molecule has 0 aliphatic heterocycles. The number of hydrogen-bond acceptors (Lipinski definition) is 2. The summed E-state index contributed by atoms with van der Waals surface area (Å²) in [6.45, 7) is 12.6. The molecule has 2 aromatic rings. The fourth-order valence-electron chi connectivity index (χ4n) is 3.42. The van der Waals surface area contributed by atoms with E-state index in [4.69, 9.17) is 0 Å². The molecular formula is C21H32N2O. The number of hydrogen-bond donors (Lipinski definition) is 2. The van der Waals surface area contributed by atoms with Crippen LogP contribution in [0.1, 0.15) is 59.9 Å². The molecule has 132 valence electrons. The van der Waals surface area contributed by atoms with Gasteiger partial charge in [-0.1, -0.05) is 52.3 Å². The van der Waals surface area contributed by atoms with Crippen LogP contribution in [0.25, 0.3) is 10.9 Å². The van der Waals surface area contributed by atoms with Gasteiger partial charge in [-0.05, 0) is 38.3 Å². The summed E-state index contributed by atoms with van der Waals surface area (Å²) in [6.07, 6.45) is 4.91. The van der Waals surface area contributed by atoms with Gasteiger partial charge in [0.05, 0.1) is 6.04 Å². The van der Waals surface area contributed by atoms with E-state index in [2.05, 4.69) is 49.3 Å². The van der Waals surface area contributed by atoms with E-state index in [0.717, 1.165) is 18.4 Å². The lowest BCUT2D eigenvalue weighted by Crippen LogP contribution is -2.53. The minimum Gasteiger partial charge on any atom is -0.361 e. The fourth-order valence-corrected chi connectivity index (χ4v) is 3.42. The molecule has 1 atom stereocenters. The number of carbonyl (C=O) groups is 1. The number of H-pyrrole nitrogens is 1. The summed E-state index contributed by atoms with van der Waals surface area (Å²) in [5, 5.41) is 4.85. The van der Waals surface area contributed by atoms with Crippen molar-refractivity contribution in [2.45, 2.75) is 72.4 Å². The van der Waals surface area contributed by atoms with Crippen molar-refractivity contribution in [1.82, 2.24) is 10.3 Å². The Labute approximate surface area is 146 Å². The van der Waals surface area contributed by atoms with Gasteiger partial charge in [-0.25, -0.2) is 0 Å². The molecule has 0 aliphatic carbocycles. The molecule has 3 nitrogen and oxygen atoms in total. The average molecular weight is 329 g/mol. The molecule has 0 saturated heterocycles. The van der Waals surface area contributed by atoms with Gasteiger partial charge in [-0.3, -0.25) is 4.79 Å². The maximum absolute atomic E-state index is 13.0. The zero-order valence-corrected chi connectivity index (χ0v) is 16.0. The number of para-hydroxylation sites is 1. The van der Waals surface area contributed by atoms with E-state index in [9.17, 15) is 4.79 Å². The summed E-state index contributed by atoms with van der Waals surface area (Å²) < 4.78 is 0. The number of aromatic amines is 1. The molecule has 1 aromatic carbocycles. The number of fused-ring (bicyclic) bond motifs is 1. The number of carbonyl (C=O) groups excluding carboxylic acids is 1. The minimum absolute atomic E-state index is 0.0492. The molecule has 0 saturated carbocycles. The van der Waals surface area contributed by atoms with E-state index in [0.29, 0.717) is 6.42 Å². The van der Waals surface area contributed by atoms with Crippen LogP contribution in [-0.2, 0) is 11.2 Å². The van der Waals surface area contributed by atoms with Crippen LogP contribution in [-0.4, -0.2) is 22.3 Å². The molecule has 0 radical (unpaired) electrons. The van der Waals surface area contributed by atoms with Crippen molar-refractivity contribution >= 4 is 16.7 Å². The van der Waals surface area contributed by atoms with Crippen LogP contribution in [0.5, 0.6) is 0 Å². The van der Waals surface area contributed by atoms with Crippen LogP contribution in [0.15, 0.2) is 30.5 Å². The minimum atomic E-state index is -0.355. The maximum Gasteiger partial charge on any atom is 0.155 e. The number of ketones is 1. The van der Waals surface area contributed by atoms with Gasteiger partial charge in [-0.15, -0.1) is 0 Å². The lowest BCUT2D eigenvalue weighted by Gasteiger charge is -2.34. The van der Waals surface area contributed by atoms with Crippen molar-refractivity contribution in [2.24, 2.45) is 5.41 Å². The van der Waals surface area contributed by atoms with Crippen molar-refractivity contribution < 1.29 is 4.79 Å². The van der Waals surface area contributed by atoms with E-state index in [1.807, 2.05) is 33.0 Å². The van der Waals surface area contributed by atoms with Gasteiger partial charge in [0, 0.05) is 28.1 Å². The van der Waals surface area contributed by atoms with Crippen LogP contribution in [0, 0.1) is 5.41 Å². The summed E-state index contributed by atoms with van der Waals surface area (Å²) in [5.41, 5.74) is 1.92. The van der Waals surface area contributed by atoms with Crippen LogP contribution in [0.4, 0.5) is 0 Å². The first kappa shape index (κ1) is 18.7. The van der Waals surface area contributed by atoms with E-state index in [1.54, 1.807) is 0 Å². The highest BCUT2D eigenvalue weighted by Crippen LogP contribution is 2.25. The van der Waals surface area contributed by atoms with E-state index in [-0.39, 0.29) is 22.8 Å². The Bertz CT molecular complexity index is 691. The second-order valence-corrected chi connectivity index (χ2v) is 8.51. The van der Waals surface area contributed by atoms with Gasteiger partial charge in [-0.2, -0.15) is 0 Å². The fraction of sp³-hybridized carbons (Fsp3) is 0.571. The van der Waals surface area contributed by atoms with Crippen molar-refractivity contribution in [1.29, 1.82) is 0 Å². The second kappa shape index (κ2) is 7.10. The van der Waals surface area contributed by atoms with Gasteiger partial charge in [0.1, 0.15) is 0 Å². The summed E-state index contributed by atoms with van der Waals surface area (Å²) in [7, 11) is 0. The normalized spacial score (nSPS) is 14.1. The number of benzene rings is 1. The highest BCUT2D eigenvalue weighted by molar-refractivity contribution is 5.90. The topological polar surface area (TPSA) is 44.9 Å². The Balaban J connectivity index is 2.30. The number of aromatic nitrogens is 1. The molecule has 0 unspecified atom stereocenters. The molecule has 0 amide bonds. The van der Waals surface area contributed by atoms with Gasteiger partial charge in [0.2, 0.25) is 0 Å². The zero-order chi connectivity index (χ0) is 18.0. The van der Waals surface area contributed by atoms with Crippen LogP contribution in [0.3, 0.4) is 0 Å². The molecule has 24 heavy (non-hydrogen) atoms. The molecule has 0 spiro atoms. The van der Waals surface area contributed by atoms with Crippen molar-refractivity contribution in [3.05, 3.63) is 36.0 Å². The monoisotopic (exact) mass is 328 g/mol. The SMILES string of the molecule is CCCC(C)(C)N[C@@H](Cc1c[nH]c2ccccc12)C(=O)C(C)(C)C. The number of Topliss-reactive ketones (excluding diaryl/α,β-unsaturated/α-hetero) is 1. The van der Waals surface area contributed by atoms with Crippen LogP contribution in [0.2, 0.25) is 0 Å². The Hall–Kier alpha value is -1.61. The lowest BCUT2D eigenvalue weighted by molar-refractivity contribution is -0.129. The van der Waals surface area contributed by atoms with Gasteiger partial charge in [0.25, 0.3) is 0 Å². The molecule has 0 fully saturated rings. The predicted molar refractivity (Wildman–Crippen MR) is 102 cm³/mol. The molecule has 0 bridgehead atoms. The van der Waals surface area contributed by atoms with E-state index in [1.165, 1.54) is 10.9 Å². The third-order valence-corrected chi connectivity index (χ3v) is 4.59. The highest BCUT2D eigenvalue weighted by Gasteiger charge is 2.33. The molecule has 3 heteroatoms. The number of rotatable bonds is 7. The molecule has 0 aliphatic rings. The van der Waals surface area contributed by atoms with Gasteiger partial charge < -0.3 is 10.3 Å². The first-order valence-electron chi connectivity index (χ1n) is 9.01. The lowest BCUT2D eigenvalue weighted by atomic mass is 9.83. The van der Waals surface area contributed by atoms with E-state index < -0.39 is 0 Å². The highest BCUT2D eigenvalue weighted by atomic mass is 16.1. The van der Waals surface area contributed by atoms with E-state index >= 15 is 0 Å². The molecular weight excluding hydrogens is 296 g/mol. The molecule has 1 heterocycles. The second-order valence-electron chi connectivity index (χ2n) is 8.51.